The number of hydrogen-bond donors (Lipinski definition) is 1. The second-order valence-corrected chi connectivity index (χ2v) is 5.71. The summed E-state index contributed by atoms with van der Waals surface area (Å²) in [4.78, 5) is 2.35. The molecular formula is C15H20N4S. The van der Waals surface area contributed by atoms with Crippen LogP contribution in [0.2, 0.25) is 0 Å². The Morgan fingerprint density at radius 2 is 2.15 bits per heavy atom. The van der Waals surface area contributed by atoms with Crippen LogP contribution in [0.4, 0.5) is 5.95 Å². The molecule has 1 aliphatic rings. The number of nitrogens with zero attached hydrogens (tertiary/aromatic N) is 3. The van der Waals surface area contributed by atoms with Crippen LogP contribution in [-0.4, -0.2) is 27.9 Å². The monoisotopic (exact) mass is 288 g/mol. The van der Waals surface area contributed by atoms with Crippen molar-refractivity contribution in [2.75, 3.05) is 18.0 Å². The van der Waals surface area contributed by atoms with Crippen molar-refractivity contribution in [2.24, 2.45) is 0 Å². The van der Waals surface area contributed by atoms with E-state index in [-0.39, 0.29) is 0 Å². The first-order chi connectivity index (χ1) is 9.79. The van der Waals surface area contributed by atoms with E-state index >= 15 is 0 Å². The first-order valence-corrected chi connectivity index (χ1v) is 7.65. The van der Waals surface area contributed by atoms with E-state index in [1.165, 1.54) is 12.0 Å². The molecule has 5 heteroatoms. The van der Waals surface area contributed by atoms with Gasteiger partial charge in [-0.2, -0.15) is 0 Å². The summed E-state index contributed by atoms with van der Waals surface area (Å²) in [6.07, 6.45) is 2.24. The van der Waals surface area contributed by atoms with Crippen LogP contribution in [0.15, 0.2) is 30.3 Å². The highest BCUT2D eigenvalue weighted by atomic mass is 32.1. The molecule has 2 aromatic rings. The van der Waals surface area contributed by atoms with Crippen LogP contribution in [0.1, 0.15) is 31.2 Å². The van der Waals surface area contributed by atoms with Gasteiger partial charge in [0.1, 0.15) is 0 Å². The maximum Gasteiger partial charge on any atom is 0.225 e. The number of H-pyrrole nitrogens is 1. The molecule has 0 amide bonds. The van der Waals surface area contributed by atoms with Crippen molar-refractivity contribution in [1.29, 1.82) is 0 Å². The molecule has 1 unspecified atom stereocenters. The Labute approximate surface area is 124 Å². The van der Waals surface area contributed by atoms with Gasteiger partial charge in [0.05, 0.1) is 0 Å². The number of benzene rings is 1. The Hall–Kier alpha value is -1.62. The molecule has 106 valence electrons. The van der Waals surface area contributed by atoms with Crippen LogP contribution in [0.3, 0.4) is 0 Å². The molecule has 0 spiro atoms. The molecule has 1 aromatic carbocycles. The quantitative estimate of drug-likeness (QED) is 0.877. The minimum atomic E-state index is 0.594. The van der Waals surface area contributed by atoms with E-state index in [0.29, 0.717) is 5.92 Å². The van der Waals surface area contributed by atoms with E-state index in [4.69, 9.17) is 12.2 Å². The van der Waals surface area contributed by atoms with Crippen molar-refractivity contribution < 1.29 is 0 Å². The van der Waals surface area contributed by atoms with E-state index in [1.54, 1.807) is 0 Å². The van der Waals surface area contributed by atoms with E-state index < -0.39 is 0 Å². The molecule has 3 rings (SSSR count). The van der Waals surface area contributed by atoms with Crippen LogP contribution < -0.4 is 4.90 Å². The number of rotatable bonds is 4. The summed E-state index contributed by atoms with van der Waals surface area (Å²) >= 11 is 5.31. The summed E-state index contributed by atoms with van der Waals surface area (Å²) in [5.74, 6) is 1.59. The summed E-state index contributed by atoms with van der Waals surface area (Å²) < 4.78 is 2.84. The van der Waals surface area contributed by atoms with Gasteiger partial charge in [-0.25, -0.2) is 5.10 Å². The van der Waals surface area contributed by atoms with Gasteiger partial charge in [0.25, 0.3) is 0 Å². The van der Waals surface area contributed by atoms with Crippen molar-refractivity contribution in [3.63, 3.8) is 0 Å². The van der Waals surface area contributed by atoms with Gasteiger partial charge in [0, 0.05) is 25.6 Å². The third kappa shape index (κ3) is 2.50. The lowest BCUT2D eigenvalue weighted by molar-refractivity contribution is 0.655. The number of nitrogens with one attached hydrogen (secondary N) is 1. The Morgan fingerprint density at radius 3 is 2.90 bits per heavy atom. The van der Waals surface area contributed by atoms with Gasteiger partial charge in [-0.05, 0) is 30.6 Å². The van der Waals surface area contributed by atoms with Crippen LogP contribution in [0, 0.1) is 4.77 Å². The highest BCUT2D eigenvalue weighted by Gasteiger charge is 2.26. The Morgan fingerprint density at radius 1 is 1.35 bits per heavy atom. The minimum Gasteiger partial charge on any atom is -0.340 e. The number of anilines is 1. The predicted octanol–water partition coefficient (Wildman–Crippen LogP) is 3.34. The van der Waals surface area contributed by atoms with Crippen LogP contribution >= 0.6 is 12.2 Å². The van der Waals surface area contributed by atoms with Gasteiger partial charge >= 0.3 is 0 Å². The average molecular weight is 288 g/mol. The first kappa shape index (κ1) is 13.4. The van der Waals surface area contributed by atoms with E-state index in [0.717, 1.165) is 36.8 Å². The molecular weight excluding hydrogens is 268 g/mol. The SMILES string of the molecule is CCCn1c(N2CCC(c3ccccc3)C2)n[nH]c1=S. The lowest BCUT2D eigenvalue weighted by Crippen LogP contribution is -2.23. The van der Waals surface area contributed by atoms with Crippen molar-refractivity contribution in [3.05, 3.63) is 40.7 Å². The van der Waals surface area contributed by atoms with Gasteiger partial charge < -0.3 is 4.90 Å². The summed E-state index contributed by atoms with van der Waals surface area (Å²) in [5.41, 5.74) is 1.42. The fraction of sp³-hybridized carbons (Fsp3) is 0.467. The molecule has 1 N–H and O–H groups in total. The predicted molar refractivity (Wildman–Crippen MR) is 83.7 cm³/mol. The normalized spacial score (nSPS) is 18.6. The fourth-order valence-corrected chi connectivity index (χ4v) is 3.13. The third-order valence-electron chi connectivity index (χ3n) is 3.93. The second kappa shape index (κ2) is 5.79. The number of aromatic nitrogens is 3. The van der Waals surface area contributed by atoms with Crippen molar-refractivity contribution in [2.45, 2.75) is 32.2 Å². The second-order valence-electron chi connectivity index (χ2n) is 5.32. The number of aromatic amines is 1. The maximum atomic E-state index is 5.31. The summed E-state index contributed by atoms with van der Waals surface area (Å²) in [7, 11) is 0. The molecule has 4 nitrogen and oxygen atoms in total. The van der Waals surface area contributed by atoms with Crippen molar-refractivity contribution in [3.8, 4) is 0 Å². The molecule has 0 aliphatic carbocycles. The minimum absolute atomic E-state index is 0.594. The van der Waals surface area contributed by atoms with Gasteiger partial charge in [0.15, 0.2) is 4.77 Å². The molecule has 0 radical (unpaired) electrons. The summed E-state index contributed by atoms with van der Waals surface area (Å²) in [6, 6.07) is 10.7. The average Bonchev–Trinajstić information content (AvgIpc) is 3.08. The standard InChI is InChI=1S/C15H20N4S/c1-2-9-19-14(16-17-15(19)20)18-10-8-13(11-18)12-6-4-3-5-7-12/h3-7,13H,2,8-11H2,1H3,(H,17,20). The Kier molecular flexibility index (Phi) is 3.87. The maximum absolute atomic E-state index is 5.31. The van der Waals surface area contributed by atoms with E-state index in [2.05, 4.69) is 56.9 Å². The molecule has 1 aliphatic heterocycles. The summed E-state index contributed by atoms with van der Waals surface area (Å²) in [6.45, 7) is 5.16. The fourth-order valence-electron chi connectivity index (χ4n) is 2.92. The molecule has 2 heterocycles. The lowest BCUT2D eigenvalue weighted by Gasteiger charge is -2.18. The zero-order chi connectivity index (χ0) is 13.9. The van der Waals surface area contributed by atoms with E-state index in [9.17, 15) is 0 Å². The molecule has 0 saturated carbocycles. The highest BCUT2D eigenvalue weighted by Crippen LogP contribution is 2.29. The summed E-state index contributed by atoms with van der Waals surface area (Å²) in [5, 5.41) is 7.34. The van der Waals surface area contributed by atoms with Crippen molar-refractivity contribution >= 4 is 18.2 Å². The zero-order valence-corrected chi connectivity index (χ0v) is 12.6. The topological polar surface area (TPSA) is 36.9 Å². The zero-order valence-electron chi connectivity index (χ0n) is 11.7. The van der Waals surface area contributed by atoms with Gasteiger partial charge in [-0.3, -0.25) is 4.57 Å². The van der Waals surface area contributed by atoms with Crippen molar-refractivity contribution in [1.82, 2.24) is 14.8 Å². The van der Waals surface area contributed by atoms with E-state index in [1.807, 2.05) is 0 Å². The highest BCUT2D eigenvalue weighted by molar-refractivity contribution is 7.71. The van der Waals surface area contributed by atoms with Crippen LogP contribution in [-0.2, 0) is 6.54 Å². The molecule has 1 saturated heterocycles. The Balaban J connectivity index is 1.79. The first-order valence-electron chi connectivity index (χ1n) is 7.24. The van der Waals surface area contributed by atoms with Crippen LogP contribution in [0.5, 0.6) is 0 Å². The molecule has 20 heavy (non-hydrogen) atoms. The third-order valence-corrected chi connectivity index (χ3v) is 4.24. The van der Waals surface area contributed by atoms with Gasteiger partial charge in [0.2, 0.25) is 5.95 Å². The molecule has 1 fully saturated rings. The van der Waals surface area contributed by atoms with Gasteiger partial charge in [-0.1, -0.05) is 37.3 Å². The van der Waals surface area contributed by atoms with Gasteiger partial charge in [-0.15, -0.1) is 5.10 Å². The smallest absolute Gasteiger partial charge is 0.225 e. The van der Waals surface area contributed by atoms with Crippen LogP contribution in [0.25, 0.3) is 0 Å². The largest absolute Gasteiger partial charge is 0.340 e. The lowest BCUT2D eigenvalue weighted by atomic mass is 9.99. The Bertz CT molecular complexity index is 616. The molecule has 0 bridgehead atoms. The molecule has 1 aromatic heterocycles. The number of hydrogen-bond acceptors (Lipinski definition) is 3. The molecule has 1 atom stereocenters.